The zero-order valence-corrected chi connectivity index (χ0v) is 14.7. The SMILES string of the molecule is Cn1cc(-c2ccc(NC(=O)OC(C)(C)C)cc2)c2cc[nH]c2c1=O. The van der Waals surface area contributed by atoms with Crippen LogP contribution < -0.4 is 10.9 Å². The van der Waals surface area contributed by atoms with Crippen LogP contribution in [0.5, 0.6) is 0 Å². The van der Waals surface area contributed by atoms with Gasteiger partial charge in [0.1, 0.15) is 11.1 Å². The van der Waals surface area contributed by atoms with Gasteiger partial charge in [0, 0.05) is 36.1 Å². The van der Waals surface area contributed by atoms with Crippen LogP contribution in [0, 0.1) is 0 Å². The maximum atomic E-state index is 12.1. The molecule has 0 fully saturated rings. The van der Waals surface area contributed by atoms with Gasteiger partial charge in [0.05, 0.1) is 0 Å². The smallest absolute Gasteiger partial charge is 0.412 e. The van der Waals surface area contributed by atoms with Crippen LogP contribution in [0.25, 0.3) is 22.0 Å². The number of ether oxygens (including phenoxy) is 1. The van der Waals surface area contributed by atoms with Gasteiger partial charge in [0.2, 0.25) is 0 Å². The summed E-state index contributed by atoms with van der Waals surface area (Å²) in [5.74, 6) is 0. The van der Waals surface area contributed by atoms with Crippen molar-refractivity contribution in [1.29, 1.82) is 0 Å². The van der Waals surface area contributed by atoms with E-state index in [1.54, 1.807) is 17.8 Å². The lowest BCUT2D eigenvalue weighted by molar-refractivity contribution is 0.0636. The van der Waals surface area contributed by atoms with E-state index in [2.05, 4.69) is 10.3 Å². The minimum absolute atomic E-state index is 0.0630. The van der Waals surface area contributed by atoms with Crippen LogP contribution in [0.15, 0.2) is 47.5 Å². The second-order valence-corrected chi connectivity index (χ2v) is 6.93. The molecule has 130 valence electrons. The highest BCUT2D eigenvalue weighted by Crippen LogP contribution is 2.27. The molecule has 0 spiro atoms. The molecule has 3 aromatic rings. The summed E-state index contributed by atoms with van der Waals surface area (Å²) in [7, 11) is 1.73. The Balaban J connectivity index is 1.89. The van der Waals surface area contributed by atoms with Crippen molar-refractivity contribution in [2.45, 2.75) is 26.4 Å². The summed E-state index contributed by atoms with van der Waals surface area (Å²) >= 11 is 0. The number of carbonyl (C=O) groups excluding carboxylic acids is 1. The molecule has 0 atom stereocenters. The molecular weight excluding hydrogens is 318 g/mol. The van der Waals surface area contributed by atoms with E-state index in [1.807, 2.05) is 57.3 Å². The lowest BCUT2D eigenvalue weighted by atomic mass is 10.0. The summed E-state index contributed by atoms with van der Waals surface area (Å²) in [6.45, 7) is 5.45. The average molecular weight is 339 g/mol. The first-order valence-corrected chi connectivity index (χ1v) is 8.02. The van der Waals surface area contributed by atoms with Gasteiger partial charge in [-0.1, -0.05) is 12.1 Å². The first kappa shape index (κ1) is 16.8. The molecule has 0 bridgehead atoms. The zero-order chi connectivity index (χ0) is 18.2. The molecule has 0 radical (unpaired) electrons. The topological polar surface area (TPSA) is 76.1 Å². The molecule has 25 heavy (non-hydrogen) atoms. The van der Waals surface area contributed by atoms with Gasteiger partial charge in [0.15, 0.2) is 0 Å². The fourth-order valence-corrected chi connectivity index (χ4v) is 2.65. The standard InChI is InChI=1S/C19H21N3O3/c1-19(2,3)25-18(24)21-13-7-5-12(6-8-13)15-11-22(4)17(23)16-14(15)9-10-20-16/h5-11,20H,1-4H3,(H,21,24). The molecule has 0 saturated carbocycles. The molecule has 2 aromatic heterocycles. The highest BCUT2D eigenvalue weighted by Gasteiger charge is 2.16. The fraction of sp³-hybridized carbons (Fsp3) is 0.263. The van der Waals surface area contributed by atoms with Crippen molar-refractivity contribution in [3.63, 3.8) is 0 Å². The van der Waals surface area contributed by atoms with Gasteiger partial charge in [-0.15, -0.1) is 0 Å². The Hall–Kier alpha value is -3.02. The summed E-state index contributed by atoms with van der Waals surface area (Å²) < 4.78 is 6.80. The minimum atomic E-state index is -0.543. The van der Waals surface area contributed by atoms with Crippen molar-refractivity contribution < 1.29 is 9.53 Å². The predicted molar refractivity (Wildman–Crippen MR) is 98.8 cm³/mol. The lowest BCUT2D eigenvalue weighted by Gasteiger charge is -2.19. The number of rotatable bonds is 2. The Morgan fingerprint density at radius 3 is 2.48 bits per heavy atom. The quantitative estimate of drug-likeness (QED) is 0.744. The number of aromatic amines is 1. The molecule has 0 aliphatic rings. The van der Waals surface area contributed by atoms with Gasteiger partial charge < -0.3 is 14.3 Å². The van der Waals surface area contributed by atoms with Crippen LogP contribution in [0.4, 0.5) is 10.5 Å². The Bertz CT molecular complexity index is 976. The predicted octanol–water partition coefficient (Wildman–Crippen LogP) is 3.88. The maximum Gasteiger partial charge on any atom is 0.412 e. The molecule has 0 unspecified atom stereocenters. The number of nitrogens with zero attached hydrogens (tertiary/aromatic N) is 1. The van der Waals surface area contributed by atoms with Crippen molar-refractivity contribution in [3.8, 4) is 11.1 Å². The molecule has 0 aliphatic carbocycles. The number of carbonyl (C=O) groups is 1. The van der Waals surface area contributed by atoms with Crippen molar-refractivity contribution >= 4 is 22.7 Å². The Morgan fingerprint density at radius 2 is 1.84 bits per heavy atom. The van der Waals surface area contributed by atoms with Crippen molar-refractivity contribution in [1.82, 2.24) is 9.55 Å². The third kappa shape index (κ3) is 3.57. The number of amides is 1. The van der Waals surface area contributed by atoms with Gasteiger partial charge in [0.25, 0.3) is 5.56 Å². The molecule has 2 heterocycles. The number of fused-ring (bicyclic) bond motifs is 1. The highest BCUT2D eigenvalue weighted by atomic mass is 16.6. The zero-order valence-electron chi connectivity index (χ0n) is 14.7. The van der Waals surface area contributed by atoms with E-state index in [9.17, 15) is 9.59 Å². The van der Waals surface area contributed by atoms with Crippen LogP contribution in [-0.2, 0) is 11.8 Å². The summed E-state index contributed by atoms with van der Waals surface area (Å²) in [6.07, 6.45) is 3.08. The van der Waals surface area contributed by atoms with E-state index in [1.165, 1.54) is 0 Å². The van der Waals surface area contributed by atoms with E-state index in [0.29, 0.717) is 11.2 Å². The normalized spacial score (nSPS) is 11.5. The van der Waals surface area contributed by atoms with Crippen LogP contribution in [0.1, 0.15) is 20.8 Å². The third-order valence-electron chi connectivity index (χ3n) is 3.74. The number of aryl methyl sites for hydroxylation is 1. The molecule has 3 rings (SSSR count). The van der Waals surface area contributed by atoms with Gasteiger partial charge in [-0.2, -0.15) is 0 Å². The fourth-order valence-electron chi connectivity index (χ4n) is 2.65. The van der Waals surface area contributed by atoms with E-state index in [0.717, 1.165) is 16.5 Å². The number of H-pyrrole nitrogens is 1. The molecule has 6 heteroatoms. The summed E-state index contributed by atoms with van der Waals surface area (Å²) in [6, 6.07) is 9.31. The van der Waals surface area contributed by atoms with Gasteiger partial charge in [-0.05, 0) is 44.5 Å². The molecule has 2 N–H and O–H groups in total. The summed E-state index contributed by atoms with van der Waals surface area (Å²) in [4.78, 5) is 27.0. The van der Waals surface area contributed by atoms with Crippen molar-refractivity contribution in [2.24, 2.45) is 7.05 Å². The van der Waals surface area contributed by atoms with Gasteiger partial charge in [-0.3, -0.25) is 10.1 Å². The molecule has 1 aromatic carbocycles. The Labute approximate surface area is 145 Å². The molecule has 1 amide bonds. The van der Waals surface area contributed by atoms with Crippen LogP contribution >= 0.6 is 0 Å². The van der Waals surface area contributed by atoms with Crippen LogP contribution in [0.3, 0.4) is 0 Å². The molecule has 0 aliphatic heterocycles. The number of hydrogen-bond acceptors (Lipinski definition) is 3. The van der Waals surface area contributed by atoms with Crippen molar-refractivity contribution in [2.75, 3.05) is 5.32 Å². The van der Waals surface area contributed by atoms with Crippen LogP contribution in [0.2, 0.25) is 0 Å². The second kappa shape index (κ2) is 6.12. The number of benzene rings is 1. The summed E-state index contributed by atoms with van der Waals surface area (Å²) in [5.41, 5.74) is 2.52. The summed E-state index contributed by atoms with van der Waals surface area (Å²) in [5, 5.41) is 3.58. The molecule has 0 saturated heterocycles. The van der Waals surface area contributed by atoms with Crippen LogP contribution in [-0.4, -0.2) is 21.2 Å². The van der Waals surface area contributed by atoms with E-state index in [-0.39, 0.29) is 5.56 Å². The minimum Gasteiger partial charge on any atom is -0.444 e. The second-order valence-electron chi connectivity index (χ2n) is 6.93. The van der Waals surface area contributed by atoms with Gasteiger partial charge >= 0.3 is 6.09 Å². The van der Waals surface area contributed by atoms with E-state index >= 15 is 0 Å². The van der Waals surface area contributed by atoms with Gasteiger partial charge in [-0.25, -0.2) is 4.79 Å². The first-order valence-electron chi connectivity index (χ1n) is 8.02. The highest BCUT2D eigenvalue weighted by molar-refractivity contribution is 5.94. The first-order chi connectivity index (χ1) is 11.7. The monoisotopic (exact) mass is 339 g/mol. The van der Waals surface area contributed by atoms with E-state index < -0.39 is 11.7 Å². The molecular formula is C19H21N3O3. The maximum absolute atomic E-state index is 12.1. The lowest BCUT2D eigenvalue weighted by Crippen LogP contribution is -2.27. The largest absolute Gasteiger partial charge is 0.444 e. The Morgan fingerprint density at radius 1 is 1.16 bits per heavy atom. The number of aromatic nitrogens is 2. The number of anilines is 1. The molecule has 6 nitrogen and oxygen atoms in total. The number of nitrogens with one attached hydrogen (secondary N) is 2. The number of pyridine rings is 1. The number of hydrogen-bond donors (Lipinski definition) is 2. The average Bonchev–Trinajstić information content (AvgIpc) is 3.00. The van der Waals surface area contributed by atoms with E-state index in [4.69, 9.17) is 4.74 Å². The third-order valence-corrected chi connectivity index (χ3v) is 3.74. The Kier molecular flexibility index (Phi) is 4.12. The van der Waals surface area contributed by atoms with Crippen molar-refractivity contribution in [3.05, 3.63) is 53.1 Å².